The zero-order valence-electron chi connectivity index (χ0n) is 12.1. The molecule has 0 fully saturated rings. The average molecular weight is 279 g/mol. The lowest BCUT2D eigenvalue weighted by molar-refractivity contribution is -0.130. The molecule has 0 bridgehead atoms. The van der Waals surface area contributed by atoms with Crippen LogP contribution in [0.4, 0.5) is 0 Å². The number of rotatable bonds is 4. The number of benzene rings is 1. The second kappa shape index (κ2) is 6.61. The van der Waals surface area contributed by atoms with Crippen molar-refractivity contribution in [2.45, 2.75) is 32.4 Å². The predicted octanol–water partition coefficient (Wildman–Crippen LogP) is 2.06. The monoisotopic (exact) mass is 279 g/mol. The van der Waals surface area contributed by atoms with Crippen LogP contribution >= 0.6 is 0 Å². The molecule has 0 saturated heterocycles. The van der Waals surface area contributed by atoms with Crippen LogP contribution in [0.15, 0.2) is 18.2 Å². The molecule has 5 heteroatoms. The highest BCUT2D eigenvalue weighted by Crippen LogP contribution is 2.32. The van der Waals surface area contributed by atoms with Crippen molar-refractivity contribution in [1.29, 1.82) is 0 Å². The smallest absolute Gasteiger partial charge is 0.249 e. The Kier molecular flexibility index (Phi) is 4.84. The lowest BCUT2D eigenvalue weighted by Crippen LogP contribution is -2.35. The van der Waals surface area contributed by atoms with Crippen molar-refractivity contribution in [2.75, 3.05) is 20.3 Å². The highest BCUT2D eigenvalue weighted by atomic mass is 16.5. The zero-order chi connectivity index (χ0) is 14.5. The molecule has 1 aliphatic rings. The van der Waals surface area contributed by atoms with Gasteiger partial charge in [-0.15, -0.1) is 0 Å². The molecule has 20 heavy (non-hydrogen) atoms. The number of hydrogen-bond donors (Lipinski definition) is 1. The quantitative estimate of drug-likeness (QED) is 0.916. The van der Waals surface area contributed by atoms with Crippen molar-refractivity contribution >= 4 is 5.91 Å². The molecule has 0 aromatic heterocycles. The molecular formula is C15H21NO4. The fraction of sp³-hybridized carbons (Fsp3) is 0.533. The van der Waals surface area contributed by atoms with Crippen molar-refractivity contribution in [1.82, 2.24) is 5.32 Å². The second-order valence-corrected chi connectivity index (χ2v) is 4.86. The maximum atomic E-state index is 11.8. The fourth-order valence-electron chi connectivity index (χ4n) is 1.97. The molecule has 1 amide bonds. The summed E-state index contributed by atoms with van der Waals surface area (Å²) < 4.78 is 16.2. The van der Waals surface area contributed by atoms with Crippen LogP contribution in [0.5, 0.6) is 11.5 Å². The Labute approximate surface area is 119 Å². The summed E-state index contributed by atoms with van der Waals surface area (Å²) in [4.78, 5) is 11.8. The molecule has 1 aliphatic heterocycles. The van der Waals surface area contributed by atoms with Gasteiger partial charge in [0.2, 0.25) is 5.91 Å². The minimum absolute atomic E-state index is 0.114. The molecule has 0 aliphatic carbocycles. The van der Waals surface area contributed by atoms with Crippen LogP contribution in [0.1, 0.15) is 31.9 Å². The Hall–Kier alpha value is -1.75. The summed E-state index contributed by atoms with van der Waals surface area (Å²) in [6, 6.07) is 5.63. The first kappa shape index (κ1) is 14.7. The molecule has 0 saturated carbocycles. The van der Waals surface area contributed by atoms with Crippen molar-refractivity contribution in [3.05, 3.63) is 23.8 Å². The lowest BCUT2D eigenvalue weighted by Gasteiger charge is -2.18. The Morgan fingerprint density at radius 3 is 2.65 bits per heavy atom. The number of carbonyl (C=O) groups is 1. The van der Waals surface area contributed by atoms with Gasteiger partial charge in [0.25, 0.3) is 0 Å². The average Bonchev–Trinajstić information content (AvgIpc) is 2.70. The van der Waals surface area contributed by atoms with E-state index in [-0.39, 0.29) is 11.9 Å². The number of fused-ring (bicyclic) bond motifs is 1. The van der Waals surface area contributed by atoms with E-state index in [2.05, 4.69) is 5.32 Å². The van der Waals surface area contributed by atoms with E-state index in [4.69, 9.17) is 14.2 Å². The number of methoxy groups -OCH3 is 1. The summed E-state index contributed by atoms with van der Waals surface area (Å²) in [7, 11) is 1.52. The summed E-state index contributed by atoms with van der Waals surface area (Å²) >= 11 is 0. The van der Waals surface area contributed by atoms with E-state index in [1.807, 2.05) is 25.1 Å². The molecule has 5 nitrogen and oxygen atoms in total. The molecule has 0 unspecified atom stereocenters. The molecule has 2 atom stereocenters. The van der Waals surface area contributed by atoms with Gasteiger partial charge in [0, 0.05) is 13.5 Å². The molecular weight excluding hydrogens is 258 g/mol. The van der Waals surface area contributed by atoms with Crippen LogP contribution < -0.4 is 14.8 Å². The van der Waals surface area contributed by atoms with Gasteiger partial charge in [-0.1, -0.05) is 6.07 Å². The number of hydrogen-bond acceptors (Lipinski definition) is 4. The van der Waals surface area contributed by atoms with E-state index in [0.29, 0.717) is 13.2 Å². The minimum atomic E-state index is -0.460. The van der Waals surface area contributed by atoms with Crippen LogP contribution in [0.2, 0.25) is 0 Å². The van der Waals surface area contributed by atoms with E-state index in [1.165, 1.54) is 7.11 Å². The predicted molar refractivity (Wildman–Crippen MR) is 75.1 cm³/mol. The molecule has 0 spiro atoms. The van der Waals surface area contributed by atoms with Crippen molar-refractivity contribution in [3.63, 3.8) is 0 Å². The summed E-state index contributed by atoms with van der Waals surface area (Å²) in [6.45, 7) is 4.97. The van der Waals surface area contributed by atoms with Crippen LogP contribution in [-0.2, 0) is 9.53 Å². The summed E-state index contributed by atoms with van der Waals surface area (Å²) in [5.41, 5.74) is 0.978. The van der Waals surface area contributed by atoms with E-state index < -0.39 is 6.10 Å². The van der Waals surface area contributed by atoms with Gasteiger partial charge in [-0.05, 0) is 31.5 Å². The zero-order valence-corrected chi connectivity index (χ0v) is 12.1. The van der Waals surface area contributed by atoms with Gasteiger partial charge in [0.1, 0.15) is 6.10 Å². The third kappa shape index (κ3) is 3.42. The Bertz CT molecular complexity index is 475. The maximum Gasteiger partial charge on any atom is 0.249 e. The molecule has 110 valence electrons. The lowest BCUT2D eigenvalue weighted by atomic mass is 10.1. The Morgan fingerprint density at radius 2 is 1.95 bits per heavy atom. The summed E-state index contributed by atoms with van der Waals surface area (Å²) in [5, 5.41) is 2.91. The normalized spacial score (nSPS) is 16.9. The number of carbonyl (C=O) groups excluding carboxylic acids is 1. The van der Waals surface area contributed by atoms with Gasteiger partial charge in [-0.2, -0.15) is 0 Å². The van der Waals surface area contributed by atoms with E-state index in [0.717, 1.165) is 23.5 Å². The van der Waals surface area contributed by atoms with Gasteiger partial charge in [0.05, 0.1) is 19.3 Å². The molecule has 1 N–H and O–H groups in total. The van der Waals surface area contributed by atoms with Gasteiger partial charge >= 0.3 is 0 Å². The number of amides is 1. The first-order chi connectivity index (χ1) is 9.61. The van der Waals surface area contributed by atoms with Gasteiger partial charge < -0.3 is 19.5 Å². The Morgan fingerprint density at radius 1 is 1.25 bits per heavy atom. The fourth-order valence-corrected chi connectivity index (χ4v) is 1.97. The van der Waals surface area contributed by atoms with E-state index >= 15 is 0 Å². The highest BCUT2D eigenvalue weighted by Gasteiger charge is 2.17. The second-order valence-electron chi connectivity index (χ2n) is 4.86. The molecule has 1 aromatic carbocycles. The summed E-state index contributed by atoms with van der Waals surface area (Å²) in [5.74, 6) is 1.36. The standard InChI is InChI=1S/C15H21NO4/c1-10(16-15(17)11(2)18-3)12-5-6-13-14(9-12)20-8-4-7-19-13/h5-6,9-11H,4,7-8H2,1-3H3,(H,16,17)/t10-,11+/m1/s1. The van der Waals surface area contributed by atoms with Crippen LogP contribution in [-0.4, -0.2) is 32.3 Å². The van der Waals surface area contributed by atoms with Crippen LogP contribution in [0.25, 0.3) is 0 Å². The molecule has 0 radical (unpaired) electrons. The first-order valence-electron chi connectivity index (χ1n) is 6.84. The van der Waals surface area contributed by atoms with E-state index in [1.54, 1.807) is 6.92 Å². The van der Waals surface area contributed by atoms with Crippen LogP contribution in [0.3, 0.4) is 0 Å². The third-order valence-corrected chi connectivity index (χ3v) is 3.35. The largest absolute Gasteiger partial charge is 0.490 e. The van der Waals surface area contributed by atoms with Gasteiger partial charge in [0.15, 0.2) is 11.5 Å². The van der Waals surface area contributed by atoms with Crippen molar-refractivity contribution in [3.8, 4) is 11.5 Å². The number of ether oxygens (including phenoxy) is 3. The van der Waals surface area contributed by atoms with Crippen molar-refractivity contribution in [2.24, 2.45) is 0 Å². The molecule has 1 aromatic rings. The van der Waals surface area contributed by atoms with Gasteiger partial charge in [-0.25, -0.2) is 0 Å². The van der Waals surface area contributed by atoms with Crippen LogP contribution in [0, 0.1) is 0 Å². The maximum absolute atomic E-state index is 11.8. The minimum Gasteiger partial charge on any atom is -0.490 e. The highest BCUT2D eigenvalue weighted by molar-refractivity contribution is 5.80. The van der Waals surface area contributed by atoms with Crippen molar-refractivity contribution < 1.29 is 19.0 Å². The molecule has 1 heterocycles. The van der Waals surface area contributed by atoms with Gasteiger partial charge in [-0.3, -0.25) is 4.79 Å². The number of nitrogens with one attached hydrogen (secondary N) is 1. The van der Waals surface area contributed by atoms with E-state index in [9.17, 15) is 4.79 Å². The Balaban J connectivity index is 2.08. The topological polar surface area (TPSA) is 56.8 Å². The molecule has 2 rings (SSSR count). The third-order valence-electron chi connectivity index (χ3n) is 3.35. The first-order valence-corrected chi connectivity index (χ1v) is 6.84. The summed E-state index contributed by atoms with van der Waals surface area (Å²) in [6.07, 6.45) is 0.416. The SMILES string of the molecule is CO[C@@H](C)C(=O)N[C@H](C)c1ccc2c(c1)OCCCO2.